The molecule has 1 saturated carbocycles. The number of amides is 1. The zero-order valence-corrected chi connectivity index (χ0v) is 18.2. The summed E-state index contributed by atoms with van der Waals surface area (Å²) in [7, 11) is -1.39. The molecule has 3 aliphatic rings. The lowest BCUT2D eigenvalue weighted by atomic mass is 10.0. The van der Waals surface area contributed by atoms with Crippen molar-refractivity contribution in [2.75, 3.05) is 39.5 Å². The number of sulfonamides is 1. The van der Waals surface area contributed by atoms with Gasteiger partial charge in [0.1, 0.15) is 5.60 Å². The summed E-state index contributed by atoms with van der Waals surface area (Å²) in [4.78, 5) is 16.6. The van der Waals surface area contributed by atoms with Crippen LogP contribution in [0.1, 0.15) is 46.5 Å². The minimum absolute atomic E-state index is 0.158. The van der Waals surface area contributed by atoms with E-state index in [9.17, 15) is 13.2 Å². The van der Waals surface area contributed by atoms with Crippen molar-refractivity contribution < 1.29 is 17.9 Å². The summed E-state index contributed by atoms with van der Waals surface area (Å²) in [6.07, 6.45) is 5.02. The second-order valence-electron chi connectivity index (χ2n) is 9.58. The Kier molecular flexibility index (Phi) is 5.81. The van der Waals surface area contributed by atoms with Gasteiger partial charge in [0.05, 0.1) is 6.26 Å². The van der Waals surface area contributed by atoms with Gasteiger partial charge in [-0.25, -0.2) is 17.5 Å². The van der Waals surface area contributed by atoms with Crippen LogP contribution < -0.4 is 0 Å². The second kappa shape index (κ2) is 7.52. The highest BCUT2D eigenvalue weighted by atomic mass is 32.2. The first-order chi connectivity index (χ1) is 12.4. The van der Waals surface area contributed by atoms with Gasteiger partial charge in [-0.15, -0.1) is 0 Å². The highest BCUT2D eigenvalue weighted by Crippen LogP contribution is 2.41. The van der Waals surface area contributed by atoms with Gasteiger partial charge in [0.2, 0.25) is 10.0 Å². The van der Waals surface area contributed by atoms with Gasteiger partial charge >= 0.3 is 6.09 Å². The van der Waals surface area contributed by atoms with Crippen LogP contribution in [-0.4, -0.2) is 85.8 Å². The Morgan fingerprint density at radius 1 is 1.07 bits per heavy atom. The van der Waals surface area contributed by atoms with Crippen molar-refractivity contribution in [1.82, 2.24) is 14.1 Å². The van der Waals surface area contributed by atoms with E-state index in [1.165, 1.54) is 6.26 Å². The molecule has 3 rings (SSSR count). The third-order valence-corrected chi connectivity index (χ3v) is 7.77. The fraction of sp³-hybridized carbons (Fsp3) is 0.947. The first-order valence-electron chi connectivity index (χ1n) is 10.1. The smallest absolute Gasteiger partial charge is 0.410 e. The lowest BCUT2D eigenvalue weighted by Crippen LogP contribution is -2.47. The van der Waals surface area contributed by atoms with Gasteiger partial charge in [0.15, 0.2) is 0 Å². The van der Waals surface area contributed by atoms with Crippen molar-refractivity contribution in [2.45, 2.75) is 64.1 Å². The molecule has 27 heavy (non-hydrogen) atoms. The zero-order valence-electron chi connectivity index (χ0n) is 17.3. The highest BCUT2D eigenvalue weighted by Gasteiger charge is 2.45. The maximum atomic E-state index is 12.2. The predicted molar refractivity (Wildman–Crippen MR) is 105 cm³/mol. The Bertz CT molecular complexity index is 638. The Balaban J connectivity index is 1.47. The Morgan fingerprint density at radius 3 is 2.04 bits per heavy atom. The lowest BCUT2D eigenvalue weighted by molar-refractivity contribution is 0.0151. The lowest BCUT2D eigenvalue weighted by Gasteiger charge is -2.37. The molecule has 156 valence electrons. The van der Waals surface area contributed by atoms with Gasteiger partial charge in [0, 0.05) is 45.3 Å². The molecule has 0 spiro atoms. The van der Waals surface area contributed by atoms with E-state index in [0.29, 0.717) is 17.9 Å². The normalized spacial score (nSPS) is 30.7. The third kappa shape index (κ3) is 4.95. The molecule has 2 aliphatic heterocycles. The fourth-order valence-corrected chi connectivity index (χ4v) is 5.62. The summed E-state index contributed by atoms with van der Waals surface area (Å²) in [6, 6.07) is 0.687. The van der Waals surface area contributed by atoms with Crippen LogP contribution >= 0.6 is 0 Å². The summed E-state index contributed by atoms with van der Waals surface area (Å²) >= 11 is 0. The number of hydrogen-bond acceptors (Lipinski definition) is 5. The molecule has 1 aliphatic carbocycles. The quantitative estimate of drug-likeness (QED) is 0.723. The van der Waals surface area contributed by atoms with Crippen molar-refractivity contribution in [1.29, 1.82) is 0 Å². The van der Waals surface area contributed by atoms with Gasteiger partial charge in [-0.1, -0.05) is 0 Å². The molecule has 1 amide bonds. The molecule has 0 N–H and O–H groups in total. The van der Waals surface area contributed by atoms with Crippen LogP contribution in [0.3, 0.4) is 0 Å². The predicted octanol–water partition coefficient (Wildman–Crippen LogP) is 1.99. The van der Waals surface area contributed by atoms with E-state index in [2.05, 4.69) is 4.90 Å². The SMILES string of the molecule is CN(C1CC2CN(C3CCN(C(=O)OC(C)(C)C)CC3)CC2C1)S(C)(=O)=O. The number of piperidine rings is 1. The molecular formula is C19H35N3O4S. The van der Waals surface area contributed by atoms with E-state index >= 15 is 0 Å². The first-order valence-corrected chi connectivity index (χ1v) is 11.9. The number of likely N-dealkylation sites (tertiary alicyclic amines) is 2. The van der Waals surface area contributed by atoms with E-state index in [4.69, 9.17) is 4.74 Å². The van der Waals surface area contributed by atoms with Crippen molar-refractivity contribution >= 4 is 16.1 Å². The summed E-state index contributed by atoms with van der Waals surface area (Å²) < 4.78 is 30.6. The van der Waals surface area contributed by atoms with Crippen LogP contribution in [0.25, 0.3) is 0 Å². The van der Waals surface area contributed by atoms with Crippen molar-refractivity contribution in [3.8, 4) is 0 Å². The van der Waals surface area contributed by atoms with Crippen molar-refractivity contribution in [3.05, 3.63) is 0 Å². The molecule has 8 heteroatoms. The minimum Gasteiger partial charge on any atom is -0.444 e. The van der Waals surface area contributed by atoms with Crippen LogP contribution in [-0.2, 0) is 14.8 Å². The molecule has 3 fully saturated rings. The van der Waals surface area contributed by atoms with Crippen LogP contribution in [0, 0.1) is 11.8 Å². The monoisotopic (exact) mass is 401 g/mol. The summed E-state index contributed by atoms with van der Waals surface area (Å²) in [5.74, 6) is 1.20. The van der Waals surface area contributed by atoms with E-state index in [1.54, 1.807) is 11.4 Å². The minimum atomic E-state index is -3.11. The Morgan fingerprint density at radius 2 is 1.59 bits per heavy atom. The van der Waals surface area contributed by atoms with E-state index in [0.717, 1.165) is 51.9 Å². The molecular weight excluding hydrogens is 366 g/mol. The van der Waals surface area contributed by atoms with Crippen LogP contribution in [0.4, 0.5) is 4.79 Å². The molecule has 0 bridgehead atoms. The largest absolute Gasteiger partial charge is 0.444 e. The van der Waals surface area contributed by atoms with E-state index in [1.807, 2.05) is 25.7 Å². The molecule has 2 heterocycles. The average molecular weight is 402 g/mol. The van der Waals surface area contributed by atoms with Crippen LogP contribution in [0.5, 0.6) is 0 Å². The molecule has 0 radical (unpaired) electrons. The van der Waals surface area contributed by atoms with Crippen molar-refractivity contribution in [2.24, 2.45) is 11.8 Å². The van der Waals surface area contributed by atoms with Gasteiger partial charge in [0.25, 0.3) is 0 Å². The number of nitrogens with zero attached hydrogens (tertiary/aromatic N) is 3. The number of rotatable bonds is 3. The molecule has 0 aromatic heterocycles. The molecule has 0 aromatic carbocycles. The molecule has 2 atom stereocenters. The van der Waals surface area contributed by atoms with Crippen LogP contribution in [0.2, 0.25) is 0 Å². The molecule has 2 unspecified atom stereocenters. The van der Waals surface area contributed by atoms with Crippen molar-refractivity contribution in [3.63, 3.8) is 0 Å². The molecule has 0 aromatic rings. The Hall–Kier alpha value is -0.860. The van der Waals surface area contributed by atoms with E-state index < -0.39 is 15.6 Å². The van der Waals surface area contributed by atoms with Gasteiger partial charge in [-0.3, -0.25) is 4.90 Å². The number of ether oxygens (including phenoxy) is 1. The number of hydrogen-bond donors (Lipinski definition) is 0. The van der Waals surface area contributed by atoms with Gasteiger partial charge in [-0.2, -0.15) is 0 Å². The number of carbonyl (C=O) groups excluding carboxylic acids is 1. The topological polar surface area (TPSA) is 70.2 Å². The molecule has 7 nitrogen and oxygen atoms in total. The standard InChI is InChI=1S/C19H35N3O4S/c1-19(2,3)26-18(23)21-8-6-16(7-9-21)22-12-14-10-17(11-15(14)13-22)20(4)27(5,24)25/h14-17H,6-13H2,1-5H3. The van der Waals surface area contributed by atoms with Gasteiger partial charge in [-0.05, 0) is 58.3 Å². The maximum absolute atomic E-state index is 12.2. The summed E-state index contributed by atoms with van der Waals surface area (Å²) in [5, 5.41) is 0. The zero-order chi connectivity index (χ0) is 20.0. The molecule has 2 saturated heterocycles. The Labute approximate surface area is 164 Å². The highest BCUT2D eigenvalue weighted by molar-refractivity contribution is 7.88. The maximum Gasteiger partial charge on any atom is 0.410 e. The summed E-state index contributed by atoms with van der Waals surface area (Å²) in [5.41, 5.74) is -0.448. The number of carbonyl (C=O) groups is 1. The summed E-state index contributed by atoms with van der Waals surface area (Å²) in [6.45, 7) is 9.33. The van der Waals surface area contributed by atoms with Crippen LogP contribution in [0.15, 0.2) is 0 Å². The third-order valence-electron chi connectivity index (χ3n) is 6.42. The first kappa shape index (κ1) is 20.9. The number of fused-ring (bicyclic) bond motifs is 1. The van der Waals surface area contributed by atoms with Gasteiger partial charge < -0.3 is 9.64 Å². The average Bonchev–Trinajstić information content (AvgIpc) is 3.10. The van der Waals surface area contributed by atoms with E-state index in [-0.39, 0.29) is 12.1 Å². The second-order valence-corrected chi connectivity index (χ2v) is 11.6. The fourth-order valence-electron chi connectivity index (χ4n) is 4.91.